The summed E-state index contributed by atoms with van der Waals surface area (Å²) >= 11 is 1.80. The van der Waals surface area contributed by atoms with Crippen molar-refractivity contribution in [2.24, 2.45) is 0 Å². The van der Waals surface area contributed by atoms with E-state index in [0.29, 0.717) is 17.5 Å². The Morgan fingerprint density at radius 2 is 0.880 bits per heavy atom. The van der Waals surface area contributed by atoms with Crippen molar-refractivity contribution in [2.45, 2.75) is 0 Å². The maximum absolute atomic E-state index is 6.12. The molecule has 0 spiro atoms. The summed E-state index contributed by atoms with van der Waals surface area (Å²) < 4.78 is 8.56. The summed E-state index contributed by atoms with van der Waals surface area (Å²) in [6, 6.07) is 57.0. The molecule has 0 radical (unpaired) electrons. The molecular weight excluding hydrogens is 631 g/mol. The molecule has 7 aromatic carbocycles. The fourth-order valence-corrected chi connectivity index (χ4v) is 8.03. The lowest BCUT2D eigenvalue weighted by atomic mass is 9.93. The molecule has 234 valence electrons. The Bertz CT molecular complexity index is 2820. The molecule has 10 rings (SSSR count). The van der Waals surface area contributed by atoms with E-state index in [1.807, 2.05) is 72.8 Å². The Morgan fingerprint density at radius 3 is 1.58 bits per heavy atom. The molecule has 0 aliphatic carbocycles. The lowest BCUT2D eigenvalue weighted by molar-refractivity contribution is 0.669. The van der Waals surface area contributed by atoms with E-state index >= 15 is 0 Å². The van der Waals surface area contributed by atoms with E-state index < -0.39 is 0 Å². The zero-order chi connectivity index (χ0) is 33.0. The zero-order valence-electron chi connectivity index (χ0n) is 26.7. The fraction of sp³-hybridized carbons (Fsp3) is 0. The largest absolute Gasteiger partial charge is 0.456 e. The Balaban J connectivity index is 1.07. The molecule has 0 amide bonds. The van der Waals surface area contributed by atoms with Gasteiger partial charge < -0.3 is 4.42 Å². The first kappa shape index (κ1) is 28.6. The van der Waals surface area contributed by atoms with Gasteiger partial charge in [-0.3, -0.25) is 0 Å². The van der Waals surface area contributed by atoms with E-state index in [-0.39, 0.29) is 0 Å². The van der Waals surface area contributed by atoms with Crippen LogP contribution in [0.2, 0.25) is 0 Å². The van der Waals surface area contributed by atoms with Crippen LogP contribution in [0.15, 0.2) is 168 Å². The third kappa shape index (κ3) is 4.87. The van der Waals surface area contributed by atoms with Crippen molar-refractivity contribution in [1.29, 1.82) is 0 Å². The van der Waals surface area contributed by atoms with Gasteiger partial charge in [0.2, 0.25) is 0 Å². The van der Waals surface area contributed by atoms with Gasteiger partial charge in [-0.1, -0.05) is 127 Å². The summed E-state index contributed by atoms with van der Waals surface area (Å²) in [7, 11) is 0. The topological polar surface area (TPSA) is 51.8 Å². The van der Waals surface area contributed by atoms with Gasteiger partial charge in [-0.2, -0.15) is 0 Å². The Morgan fingerprint density at radius 1 is 0.340 bits per heavy atom. The number of hydrogen-bond acceptors (Lipinski definition) is 5. The van der Waals surface area contributed by atoms with E-state index in [1.165, 1.54) is 42.4 Å². The molecule has 10 aromatic rings. The van der Waals surface area contributed by atoms with Crippen LogP contribution < -0.4 is 0 Å². The third-order valence-electron chi connectivity index (χ3n) is 9.35. The molecule has 0 saturated carbocycles. The molecule has 0 atom stereocenters. The highest BCUT2D eigenvalue weighted by Gasteiger charge is 2.16. The zero-order valence-corrected chi connectivity index (χ0v) is 27.6. The van der Waals surface area contributed by atoms with Crippen molar-refractivity contribution in [1.82, 2.24) is 15.0 Å². The van der Waals surface area contributed by atoms with Crippen LogP contribution in [0, 0.1) is 0 Å². The predicted molar refractivity (Wildman–Crippen MR) is 207 cm³/mol. The number of para-hydroxylation sites is 1. The van der Waals surface area contributed by atoms with E-state index in [0.717, 1.165) is 38.6 Å². The second-order valence-corrected chi connectivity index (χ2v) is 13.5. The molecule has 0 N–H and O–H groups in total. The summed E-state index contributed by atoms with van der Waals surface area (Å²) in [6.07, 6.45) is 0. The van der Waals surface area contributed by atoms with Crippen molar-refractivity contribution in [3.63, 3.8) is 0 Å². The number of aromatic nitrogens is 3. The first-order valence-electron chi connectivity index (χ1n) is 16.6. The van der Waals surface area contributed by atoms with Crippen molar-refractivity contribution < 1.29 is 4.42 Å². The van der Waals surface area contributed by atoms with Gasteiger partial charge in [-0.05, 0) is 58.7 Å². The number of hydrogen-bond donors (Lipinski definition) is 0. The van der Waals surface area contributed by atoms with Crippen molar-refractivity contribution in [3.05, 3.63) is 164 Å². The molecule has 0 bridgehead atoms. The van der Waals surface area contributed by atoms with Crippen molar-refractivity contribution >= 4 is 53.4 Å². The van der Waals surface area contributed by atoms with Crippen LogP contribution in [0.3, 0.4) is 0 Å². The average molecular weight is 658 g/mol. The second-order valence-electron chi connectivity index (χ2n) is 12.4. The van der Waals surface area contributed by atoms with E-state index in [4.69, 9.17) is 19.4 Å². The van der Waals surface area contributed by atoms with Crippen LogP contribution >= 0.6 is 11.3 Å². The van der Waals surface area contributed by atoms with Crippen molar-refractivity contribution in [3.8, 4) is 56.4 Å². The van der Waals surface area contributed by atoms with Gasteiger partial charge in [0.1, 0.15) is 11.2 Å². The smallest absolute Gasteiger partial charge is 0.164 e. The highest BCUT2D eigenvalue weighted by atomic mass is 32.1. The van der Waals surface area contributed by atoms with Gasteiger partial charge >= 0.3 is 0 Å². The molecule has 50 heavy (non-hydrogen) atoms. The lowest BCUT2D eigenvalue weighted by Crippen LogP contribution is -1.99. The number of rotatable bonds is 5. The molecule has 0 aliphatic heterocycles. The maximum Gasteiger partial charge on any atom is 0.164 e. The monoisotopic (exact) mass is 657 g/mol. The summed E-state index contributed by atoms with van der Waals surface area (Å²) in [5.74, 6) is 1.98. The van der Waals surface area contributed by atoms with Gasteiger partial charge in [0.05, 0.1) is 0 Å². The van der Waals surface area contributed by atoms with Gasteiger partial charge in [0.15, 0.2) is 17.5 Å². The van der Waals surface area contributed by atoms with Gasteiger partial charge in [-0.25, -0.2) is 15.0 Å². The Kier molecular flexibility index (Phi) is 6.64. The second kappa shape index (κ2) is 11.6. The van der Waals surface area contributed by atoms with Crippen LogP contribution in [0.4, 0.5) is 0 Å². The highest BCUT2D eigenvalue weighted by Crippen LogP contribution is 2.41. The van der Waals surface area contributed by atoms with E-state index in [2.05, 4.69) is 91.0 Å². The Labute approximate surface area is 292 Å². The highest BCUT2D eigenvalue weighted by molar-refractivity contribution is 7.25. The fourth-order valence-electron chi connectivity index (χ4n) is 6.90. The normalized spacial score (nSPS) is 11.6. The Hall–Kier alpha value is -6.43. The minimum absolute atomic E-state index is 0.661. The number of benzene rings is 7. The van der Waals surface area contributed by atoms with Crippen LogP contribution in [0.5, 0.6) is 0 Å². The van der Waals surface area contributed by atoms with E-state index in [9.17, 15) is 0 Å². The molecule has 0 saturated heterocycles. The quantitative estimate of drug-likeness (QED) is 0.185. The van der Waals surface area contributed by atoms with Crippen LogP contribution in [-0.4, -0.2) is 15.0 Å². The average Bonchev–Trinajstić information content (AvgIpc) is 3.75. The first-order valence-corrected chi connectivity index (χ1v) is 17.4. The van der Waals surface area contributed by atoms with Crippen LogP contribution in [-0.2, 0) is 0 Å². The first-order chi connectivity index (χ1) is 24.7. The predicted octanol–water partition coefficient (Wildman–Crippen LogP) is 12.5. The molecule has 3 aromatic heterocycles. The van der Waals surface area contributed by atoms with Gasteiger partial charge in [0, 0.05) is 47.6 Å². The SMILES string of the molecule is c1ccc(-c2nc(-c3ccccc3)nc(-c3ccc4c(c3)sc3ccc(-c5ccccc5-c5ccc6oc7ccccc7c6c5)cc34)n2)cc1. The molecular formula is C45H27N3OS. The number of nitrogens with zero attached hydrogens (tertiary/aromatic N) is 3. The van der Waals surface area contributed by atoms with Crippen LogP contribution in [0.25, 0.3) is 98.5 Å². The van der Waals surface area contributed by atoms with E-state index in [1.54, 1.807) is 11.3 Å². The molecule has 0 fully saturated rings. The summed E-state index contributed by atoms with van der Waals surface area (Å²) in [4.78, 5) is 14.8. The molecule has 0 unspecified atom stereocenters. The third-order valence-corrected chi connectivity index (χ3v) is 10.5. The minimum Gasteiger partial charge on any atom is -0.456 e. The number of fused-ring (bicyclic) bond motifs is 6. The molecule has 3 heterocycles. The summed E-state index contributed by atoms with van der Waals surface area (Å²) in [6.45, 7) is 0. The minimum atomic E-state index is 0.661. The summed E-state index contributed by atoms with van der Waals surface area (Å²) in [5, 5.41) is 4.73. The molecule has 5 heteroatoms. The molecule has 0 aliphatic rings. The standard InChI is InChI=1S/C45H27N3OS/c1-3-11-28(12-4-1)43-46-44(29-13-5-2-6-14-29)48-45(47-43)32-19-22-36-38-26-31(21-24-41(38)50-42(36)27-32)34-16-8-7-15-33(34)30-20-23-40-37(25-30)35-17-9-10-18-39(35)49-40/h1-27H. The van der Waals surface area contributed by atoms with Gasteiger partial charge in [-0.15, -0.1) is 11.3 Å². The maximum atomic E-state index is 6.12. The lowest BCUT2D eigenvalue weighted by Gasteiger charge is -2.11. The van der Waals surface area contributed by atoms with Crippen molar-refractivity contribution in [2.75, 3.05) is 0 Å². The van der Waals surface area contributed by atoms with Gasteiger partial charge in [0.25, 0.3) is 0 Å². The number of furan rings is 1. The molecule has 4 nitrogen and oxygen atoms in total. The summed E-state index contributed by atoms with van der Waals surface area (Å²) in [5.41, 5.74) is 9.45. The van der Waals surface area contributed by atoms with Crippen LogP contribution in [0.1, 0.15) is 0 Å². The number of thiophene rings is 1.